The highest BCUT2D eigenvalue weighted by Gasteiger charge is 2.17. The van der Waals surface area contributed by atoms with Crippen molar-refractivity contribution in [3.63, 3.8) is 0 Å². The molecule has 0 aromatic heterocycles. The molecule has 88 valence electrons. The first-order valence-electron chi connectivity index (χ1n) is 5.35. The fourth-order valence-corrected chi connectivity index (χ4v) is 1.61. The van der Waals surface area contributed by atoms with Gasteiger partial charge < -0.3 is 19.5 Å². The van der Waals surface area contributed by atoms with Gasteiger partial charge in [0.25, 0.3) is 0 Å². The van der Waals surface area contributed by atoms with Crippen molar-refractivity contribution in [3.05, 3.63) is 23.8 Å². The van der Waals surface area contributed by atoms with Crippen LogP contribution in [0, 0.1) is 0 Å². The Morgan fingerprint density at radius 3 is 2.56 bits per heavy atom. The topological polar surface area (TPSA) is 39.7 Å². The van der Waals surface area contributed by atoms with Crippen LogP contribution in [0.15, 0.2) is 18.2 Å². The molecule has 1 aliphatic rings. The van der Waals surface area contributed by atoms with Crippen LogP contribution < -0.4 is 14.8 Å². The molecule has 16 heavy (non-hydrogen) atoms. The molecular formula is C12H17NO3. The zero-order valence-corrected chi connectivity index (χ0v) is 9.66. The molecule has 1 saturated heterocycles. The van der Waals surface area contributed by atoms with E-state index in [4.69, 9.17) is 14.2 Å². The molecule has 0 saturated carbocycles. The number of rotatable bonds is 5. The third-order valence-corrected chi connectivity index (χ3v) is 2.68. The molecule has 0 atom stereocenters. The van der Waals surface area contributed by atoms with Gasteiger partial charge in [-0.3, -0.25) is 0 Å². The fourth-order valence-electron chi connectivity index (χ4n) is 1.61. The number of nitrogens with one attached hydrogen (secondary N) is 1. The van der Waals surface area contributed by atoms with Crippen molar-refractivity contribution >= 4 is 0 Å². The molecule has 0 unspecified atom stereocenters. The molecule has 1 aliphatic heterocycles. The van der Waals surface area contributed by atoms with E-state index in [1.807, 2.05) is 18.2 Å². The molecule has 1 aromatic carbocycles. The molecule has 1 aromatic rings. The minimum Gasteiger partial charge on any atom is -0.493 e. The Morgan fingerprint density at radius 2 is 2.00 bits per heavy atom. The molecule has 1 N–H and O–H groups in total. The molecule has 4 heteroatoms. The lowest BCUT2D eigenvalue weighted by molar-refractivity contribution is -0.00579. The molecule has 1 fully saturated rings. The van der Waals surface area contributed by atoms with E-state index >= 15 is 0 Å². The van der Waals surface area contributed by atoms with Gasteiger partial charge in [0, 0.05) is 6.54 Å². The SMILES string of the molecule is COc1ccc(CNC2COC2)cc1OC. The molecular weight excluding hydrogens is 206 g/mol. The van der Waals surface area contributed by atoms with Crippen molar-refractivity contribution in [2.75, 3.05) is 27.4 Å². The molecule has 0 radical (unpaired) electrons. The van der Waals surface area contributed by atoms with E-state index in [1.54, 1.807) is 14.2 Å². The van der Waals surface area contributed by atoms with Crippen LogP contribution in [0.25, 0.3) is 0 Å². The van der Waals surface area contributed by atoms with Crippen LogP contribution in [-0.2, 0) is 11.3 Å². The van der Waals surface area contributed by atoms with Crippen molar-refractivity contribution < 1.29 is 14.2 Å². The van der Waals surface area contributed by atoms with Gasteiger partial charge in [0.1, 0.15) is 0 Å². The normalized spacial score (nSPS) is 15.6. The zero-order valence-electron chi connectivity index (χ0n) is 9.66. The second-order valence-corrected chi connectivity index (χ2v) is 3.80. The zero-order chi connectivity index (χ0) is 11.4. The van der Waals surface area contributed by atoms with Gasteiger partial charge in [0.05, 0.1) is 33.5 Å². The first-order valence-corrected chi connectivity index (χ1v) is 5.35. The Labute approximate surface area is 95.5 Å². The summed E-state index contributed by atoms with van der Waals surface area (Å²) in [5.74, 6) is 1.53. The van der Waals surface area contributed by atoms with E-state index in [9.17, 15) is 0 Å². The number of benzene rings is 1. The summed E-state index contributed by atoms with van der Waals surface area (Å²) in [5, 5.41) is 3.40. The van der Waals surface area contributed by atoms with Crippen molar-refractivity contribution in [3.8, 4) is 11.5 Å². The predicted octanol–water partition coefficient (Wildman–Crippen LogP) is 1.19. The first kappa shape index (κ1) is 11.2. The highest BCUT2D eigenvalue weighted by Crippen LogP contribution is 2.27. The van der Waals surface area contributed by atoms with Gasteiger partial charge in [-0.2, -0.15) is 0 Å². The molecule has 0 spiro atoms. The van der Waals surface area contributed by atoms with Crippen LogP contribution in [0.4, 0.5) is 0 Å². The quantitative estimate of drug-likeness (QED) is 0.814. The van der Waals surface area contributed by atoms with E-state index < -0.39 is 0 Å². The highest BCUT2D eigenvalue weighted by molar-refractivity contribution is 5.42. The maximum Gasteiger partial charge on any atom is 0.161 e. The van der Waals surface area contributed by atoms with Gasteiger partial charge >= 0.3 is 0 Å². The standard InChI is InChI=1S/C12H17NO3/c1-14-11-4-3-9(5-12(11)15-2)6-13-10-7-16-8-10/h3-5,10,13H,6-8H2,1-2H3. The Bertz CT molecular complexity index is 350. The molecule has 0 amide bonds. The van der Waals surface area contributed by atoms with Crippen LogP contribution in [0.2, 0.25) is 0 Å². The van der Waals surface area contributed by atoms with Crippen molar-refractivity contribution in [2.45, 2.75) is 12.6 Å². The van der Waals surface area contributed by atoms with Crippen LogP contribution in [-0.4, -0.2) is 33.5 Å². The number of hydrogen-bond acceptors (Lipinski definition) is 4. The Hall–Kier alpha value is -1.26. The lowest BCUT2D eigenvalue weighted by Gasteiger charge is -2.27. The van der Waals surface area contributed by atoms with E-state index in [2.05, 4.69) is 5.32 Å². The first-order chi connectivity index (χ1) is 7.83. The molecule has 4 nitrogen and oxygen atoms in total. The summed E-state index contributed by atoms with van der Waals surface area (Å²) in [5.41, 5.74) is 1.18. The molecule has 2 rings (SSSR count). The van der Waals surface area contributed by atoms with E-state index in [0.29, 0.717) is 6.04 Å². The summed E-state index contributed by atoms with van der Waals surface area (Å²) in [4.78, 5) is 0. The third kappa shape index (κ3) is 2.46. The highest BCUT2D eigenvalue weighted by atomic mass is 16.5. The van der Waals surface area contributed by atoms with Crippen molar-refractivity contribution in [1.82, 2.24) is 5.32 Å². The van der Waals surface area contributed by atoms with Gasteiger partial charge in [-0.25, -0.2) is 0 Å². The number of ether oxygens (including phenoxy) is 3. The number of methoxy groups -OCH3 is 2. The van der Waals surface area contributed by atoms with Crippen LogP contribution >= 0.6 is 0 Å². The van der Waals surface area contributed by atoms with Crippen LogP contribution in [0.3, 0.4) is 0 Å². The van der Waals surface area contributed by atoms with Gasteiger partial charge in [0.15, 0.2) is 11.5 Å². The van der Waals surface area contributed by atoms with Gasteiger partial charge in [-0.05, 0) is 17.7 Å². The van der Waals surface area contributed by atoms with E-state index in [1.165, 1.54) is 5.56 Å². The monoisotopic (exact) mass is 223 g/mol. The molecule has 0 aliphatic carbocycles. The Morgan fingerprint density at radius 1 is 1.25 bits per heavy atom. The average molecular weight is 223 g/mol. The summed E-state index contributed by atoms with van der Waals surface area (Å²) in [6, 6.07) is 6.44. The Balaban J connectivity index is 1.97. The maximum absolute atomic E-state index is 5.25. The average Bonchev–Trinajstić information content (AvgIpc) is 2.26. The van der Waals surface area contributed by atoms with E-state index in [-0.39, 0.29) is 0 Å². The van der Waals surface area contributed by atoms with Crippen LogP contribution in [0.5, 0.6) is 11.5 Å². The third-order valence-electron chi connectivity index (χ3n) is 2.68. The van der Waals surface area contributed by atoms with Crippen molar-refractivity contribution in [1.29, 1.82) is 0 Å². The second kappa shape index (κ2) is 5.18. The molecule has 1 heterocycles. The summed E-state index contributed by atoms with van der Waals surface area (Å²) < 4.78 is 15.5. The van der Waals surface area contributed by atoms with E-state index in [0.717, 1.165) is 31.3 Å². The maximum atomic E-state index is 5.25. The van der Waals surface area contributed by atoms with Crippen molar-refractivity contribution in [2.24, 2.45) is 0 Å². The molecule has 0 bridgehead atoms. The fraction of sp³-hybridized carbons (Fsp3) is 0.500. The number of hydrogen-bond donors (Lipinski definition) is 1. The van der Waals surface area contributed by atoms with Gasteiger partial charge in [-0.1, -0.05) is 6.07 Å². The lowest BCUT2D eigenvalue weighted by Crippen LogP contribution is -2.45. The van der Waals surface area contributed by atoms with Crippen LogP contribution in [0.1, 0.15) is 5.56 Å². The summed E-state index contributed by atoms with van der Waals surface area (Å²) in [6.07, 6.45) is 0. The summed E-state index contributed by atoms with van der Waals surface area (Å²) in [6.45, 7) is 2.45. The summed E-state index contributed by atoms with van der Waals surface area (Å²) in [7, 11) is 3.29. The Kier molecular flexibility index (Phi) is 3.64. The smallest absolute Gasteiger partial charge is 0.161 e. The van der Waals surface area contributed by atoms with Gasteiger partial charge in [0.2, 0.25) is 0 Å². The lowest BCUT2D eigenvalue weighted by atomic mass is 10.1. The minimum absolute atomic E-state index is 0.494. The second-order valence-electron chi connectivity index (χ2n) is 3.80. The minimum atomic E-state index is 0.494. The van der Waals surface area contributed by atoms with Gasteiger partial charge in [-0.15, -0.1) is 0 Å². The predicted molar refractivity (Wildman–Crippen MR) is 61.0 cm³/mol. The summed E-state index contributed by atoms with van der Waals surface area (Å²) >= 11 is 0. The largest absolute Gasteiger partial charge is 0.493 e.